The third-order valence-electron chi connectivity index (χ3n) is 6.47. The molecule has 11 heteroatoms. The number of piperazine rings is 1. The number of hydrogen-bond acceptors (Lipinski definition) is 7. The summed E-state index contributed by atoms with van der Waals surface area (Å²) in [4.78, 5) is 39.4. The number of benzene rings is 2. The number of carbonyl (C=O) groups excluding carboxylic acids is 2. The van der Waals surface area contributed by atoms with Crippen molar-refractivity contribution in [1.29, 1.82) is 0 Å². The smallest absolute Gasteiger partial charge is 0.269 e. The van der Waals surface area contributed by atoms with Gasteiger partial charge in [0.25, 0.3) is 11.6 Å². The fourth-order valence-corrected chi connectivity index (χ4v) is 4.63. The lowest BCUT2D eigenvalue weighted by Crippen LogP contribution is -2.50. The van der Waals surface area contributed by atoms with E-state index in [1.807, 2.05) is 30.0 Å². The normalized spacial score (nSPS) is 15.3. The van der Waals surface area contributed by atoms with Gasteiger partial charge in [0.15, 0.2) is 0 Å². The zero-order valence-corrected chi connectivity index (χ0v) is 19.3. The lowest BCUT2D eigenvalue weighted by atomic mass is 10.0. The number of aromatic nitrogens is 3. The average Bonchev–Trinajstić information content (AvgIpc) is 3.25. The first-order valence-corrected chi connectivity index (χ1v) is 11.5. The van der Waals surface area contributed by atoms with Crippen LogP contribution in [0.5, 0.6) is 0 Å². The maximum absolute atomic E-state index is 12.7. The van der Waals surface area contributed by atoms with Crippen LogP contribution >= 0.6 is 0 Å². The molecule has 0 bridgehead atoms. The third kappa shape index (κ3) is 4.62. The molecule has 0 unspecified atom stereocenters. The van der Waals surface area contributed by atoms with Gasteiger partial charge in [0.1, 0.15) is 11.6 Å². The molecule has 1 N–H and O–H groups in total. The molecule has 2 aliphatic heterocycles. The van der Waals surface area contributed by atoms with Crippen molar-refractivity contribution >= 4 is 23.2 Å². The molecule has 0 radical (unpaired) electrons. The Morgan fingerprint density at radius 2 is 1.77 bits per heavy atom. The number of non-ortho nitro benzene ring substituents is 1. The highest BCUT2D eigenvalue weighted by Gasteiger charge is 2.24. The van der Waals surface area contributed by atoms with Crippen LogP contribution in [0.2, 0.25) is 0 Å². The van der Waals surface area contributed by atoms with Crippen LogP contribution in [0.3, 0.4) is 0 Å². The van der Waals surface area contributed by atoms with Crippen LogP contribution in [0.15, 0.2) is 42.5 Å². The summed E-state index contributed by atoms with van der Waals surface area (Å²) in [6.45, 7) is 4.30. The number of nitrogens with one attached hydrogen (secondary N) is 1. The van der Waals surface area contributed by atoms with Crippen LogP contribution in [0, 0.1) is 17.0 Å². The summed E-state index contributed by atoms with van der Waals surface area (Å²) < 4.78 is 2.06. The molecule has 1 fully saturated rings. The molecule has 3 aromatic rings. The van der Waals surface area contributed by atoms with E-state index in [1.54, 1.807) is 4.90 Å². The van der Waals surface area contributed by atoms with Crippen molar-refractivity contribution in [3.8, 4) is 5.69 Å². The van der Waals surface area contributed by atoms with Gasteiger partial charge >= 0.3 is 0 Å². The number of aryl methyl sites for hydroxylation is 3. The molecule has 0 aliphatic carbocycles. The molecule has 2 aliphatic rings. The van der Waals surface area contributed by atoms with Crippen LogP contribution in [-0.2, 0) is 17.6 Å². The van der Waals surface area contributed by atoms with Crippen LogP contribution in [0.4, 0.5) is 11.4 Å². The van der Waals surface area contributed by atoms with E-state index >= 15 is 0 Å². The molecule has 0 atom stereocenters. The third-order valence-corrected chi connectivity index (χ3v) is 6.47. The van der Waals surface area contributed by atoms with Gasteiger partial charge in [-0.2, -0.15) is 0 Å². The molecule has 3 heterocycles. The first kappa shape index (κ1) is 22.7. The largest absolute Gasteiger partial charge is 0.336 e. The standard InChI is InChI=1S/C24H25N7O4/c1-16-26-27-22-9-4-18-14-19(5-8-21(18)30(16)22)25-23(32)15-28-10-12-29(13-11-28)24(33)17-2-6-20(7-3-17)31(34)35/h2-3,5-8,14H,4,9-13,15H2,1H3,(H,25,32). The van der Waals surface area contributed by atoms with Gasteiger partial charge in [-0.05, 0) is 49.2 Å². The molecule has 0 saturated carbocycles. The highest BCUT2D eigenvalue weighted by atomic mass is 16.6. The predicted octanol–water partition coefficient (Wildman–Crippen LogP) is 1.98. The zero-order chi connectivity index (χ0) is 24.5. The van der Waals surface area contributed by atoms with Gasteiger partial charge in [0.05, 0.1) is 17.2 Å². The summed E-state index contributed by atoms with van der Waals surface area (Å²) in [5.74, 6) is 1.54. The molecule has 1 saturated heterocycles. The Kier molecular flexibility index (Phi) is 6.00. The van der Waals surface area contributed by atoms with Crippen molar-refractivity contribution in [1.82, 2.24) is 24.6 Å². The van der Waals surface area contributed by atoms with Gasteiger partial charge < -0.3 is 10.2 Å². The first-order valence-electron chi connectivity index (χ1n) is 11.5. The number of carbonyl (C=O) groups is 2. The van der Waals surface area contributed by atoms with Crippen molar-refractivity contribution < 1.29 is 14.5 Å². The summed E-state index contributed by atoms with van der Waals surface area (Å²) in [6.07, 6.45) is 1.66. The SMILES string of the molecule is Cc1nnc2n1-c1ccc(NC(=O)CN3CCN(C(=O)c4ccc([N+](=O)[O-])cc4)CC3)cc1CC2. The Bertz CT molecular complexity index is 1290. The van der Waals surface area contributed by atoms with Gasteiger partial charge in [0.2, 0.25) is 5.91 Å². The Hall–Kier alpha value is -4.12. The van der Waals surface area contributed by atoms with Gasteiger partial charge in [-0.15, -0.1) is 10.2 Å². The molecule has 11 nitrogen and oxygen atoms in total. The van der Waals surface area contributed by atoms with Crippen LogP contribution in [0.25, 0.3) is 5.69 Å². The van der Waals surface area contributed by atoms with Crippen molar-refractivity contribution in [3.63, 3.8) is 0 Å². The molecule has 1 aromatic heterocycles. The van der Waals surface area contributed by atoms with Gasteiger partial charge in [-0.25, -0.2) is 0 Å². The van der Waals surface area contributed by atoms with Gasteiger partial charge in [-0.3, -0.25) is 29.2 Å². The van der Waals surface area contributed by atoms with E-state index in [-0.39, 0.29) is 24.0 Å². The second-order valence-corrected chi connectivity index (χ2v) is 8.76. The zero-order valence-electron chi connectivity index (χ0n) is 19.3. The summed E-state index contributed by atoms with van der Waals surface area (Å²) >= 11 is 0. The quantitative estimate of drug-likeness (QED) is 0.442. The fourth-order valence-electron chi connectivity index (χ4n) is 4.63. The minimum Gasteiger partial charge on any atom is -0.336 e. The number of fused-ring (bicyclic) bond motifs is 3. The van der Waals surface area contributed by atoms with E-state index in [1.165, 1.54) is 24.3 Å². The Morgan fingerprint density at radius 1 is 1.03 bits per heavy atom. The Labute approximate surface area is 201 Å². The first-order chi connectivity index (χ1) is 16.9. The highest BCUT2D eigenvalue weighted by molar-refractivity contribution is 5.95. The number of rotatable bonds is 5. The minimum atomic E-state index is -0.490. The van der Waals surface area contributed by atoms with E-state index in [2.05, 4.69) is 20.1 Å². The average molecular weight is 476 g/mol. The van der Waals surface area contributed by atoms with Gasteiger partial charge in [0, 0.05) is 56.0 Å². The monoisotopic (exact) mass is 475 g/mol. The maximum atomic E-state index is 12.7. The van der Waals surface area contributed by atoms with E-state index in [4.69, 9.17) is 0 Å². The fraction of sp³-hybridized carbons (Fsp3) is 0.333. The minimum absolute atomic E-state index is 0.0464. The molecule has 180 valence electrons. The number of nitro benzene ring substituents is 1. The second kappa shape index (κ2) is 9.26. The second-order valence-electron chi connectivity index (χ2n) is 8.76. The molecule has 2 amide bonds. The Balaban J connectivity index is 1.14. The number of hydrogen-bond donors (Lipinski definition) is 1. The lowest BCUT2D eigenvalue weighted by Gasteiger charge is -2.34. The summed E-state index contributed by atoms with van der Waals surface area (Å²) in [6, 6.07) is 11.5. The van der Waals surface area contributed by atoms with E-state index in [0.29, 0.717) is 31.7 Å². The van der Waals surface area contributed by atoms with Crippen molar-refractivity contribution in [2.24, 2.45) is 0 Å². The molecular formula is C24H25N7O4. The summed E-state index contributed by atoms with van der Waals surface area (Å²) in [5.41, 5.74) is 3.34. The number of nitrogens with zero attached hydrogens (tertiary/aromatic N) is 6. The molecule has 35 heavy (non-hydrogen) atoms. The van der Waals surface area contributed by atoms with Crippen LogP contribution in [-0.4, -0.2) is 74.0 Å². The molecule has 0 spiro atoms. The van der Waals surface area contributed by atoms with E-state index in [9.17, 15) is 19.7 Å². The number of amides is 2. The lowest BCUT2D eigenvalue weighted by molar-refractivity contribution is -0.384. The Morgan fingerprint density at radius 3 is 2.49 bits per heavy atom. The molecule has 5 rings (SSSR count). The summed E-state index contributed by atoms with van der Waals surface area (Å²) in [7, 11) is 0. The topological polar surface area (TPSA) is 127 Å². The summed E-state index contributed by atoms with van der Waals surface area (Å²) in [5, 5.41) is 22.2. The predicted molar refractivity (Wildman–Crippen MR) is 128 cm³/mol. The van der Waals surface area contributed by atoms with E-state index < -0.39 is 4.92 Å². The van der Waals surface area contributed by atoms with E-state index in [0.717, 1.165) is 41.4 Å². The van der Waals surface area contributed by atoms with Gasteiger partial charge in [-0.1, -0.05) is 0 Å². The van der Waals surface area contributed by atoms with Crippen molar-refractivity contribution in [2.75, 3.05) is 38.0 Å². The van der Waals surface area contributed by atoms with Crippen LogP contribution < -0.4 is 5.32 Å². The maximum Gasteiger partial charge on any atom is 0.269 e. The molecular weight excluding hydrogens is 450 g/mol. The highest BCUT2D eigenvalue weighted by Crippen LogP contribution is 2.27. The number of nitro groups is 1. The molecule has 2 aromatic carbocycles. The van der Waals surface area contributed by atoms with Crippen LogP contribution in [0.1, 0.15) is 27.6 Å². The van der Waals surface area contributed by atoms with Crippen molar-refractivity contribution in [3.05, 3.63) is 75.4 Å². The number of anilines is 1. The van der Waals surface area contributed by atoms with Crippen molar-refractivity contribution in [2.45, 2.75) is 19.8 Å².